The second-order valence-electron chi connectivity index (χ2n) is 2.79. The Labute approximate surface area is 76.3 Å². The topological polar surface area (TPSA) is 43.6 Å². The normalized spacial score (nSPS) is 10.2. The lowest BCUT2D eigenvalue weighted by molar-refractivity contribution is 0.669. The van der Waals surface area contributed by atoms with Crippen LogP contribution in [0.5, 0.6) is 0 Å². The van der Waals surface area contributed by atoms with Crippen molar-refractivity contribution in [3.05, 3.63) is 42.2 Å². The Morgan fingerprint density at radius 1 is 1.38 bits per heavy atom. The number of hydrogen-bond acceptors (Lipinski definition) is 3. The molecule has 0 aromatic carbocycles. The highest BCUT2D eigenvalue weighted by atomic mass is 15.3. The Bertz CT molecular complexity index is 363. The van der Waals surface area contributed by atoms with Gasteiger partial charge in [-0.15, -0.1) is 0 Å². The summed E-state index contributed by atoms with van der Waals surface area (Å²) in [5.41, 5.74) is 1.83. The molecule has 0 bridgehead atoms. The van der Waals surface area contributed by atoms with Crippen LogP contribution < -0.4 is 0 Å². The lowest BCUT2D eigenvalue weighted by atomic mass is 10.4. The maximum Gasteiger partial charge on any atom is 0.0847 e. The first-order valence-electron chi connectivity index (χ1n) is 4.00. The zero-order valence-electron chi connectivity index (χ0n) is 7.31. The standard InChI is InChI=1S/C9H9N4/c1-8-5-11-9(6-10-8)7-13-4-2-3-12-13/h3-6H,7H2,1H3. The molecule has 0 saturated heterocycles. The molecule has 1 radical (unpaired) electrons. The third kappa shape index (κ3) is 1.90. The van der Waals surface area contributed by atoms with Crippen LogP contribution >= 0.6 is 0 Å². The lowest BCUT2D eigenvalue weighted by Gasteiger charge is -1.99. The fourth-order valence-corrected chi connectivity index (χ4v) is 1.01. The van der Waals surface area contributed by atoms with E-state index >= 15 is 0 Å². The number of aryl methyl sites for hydroxylation is 1. The predicted octanol–water partition coefficient (Wildman–Crippen LogP) is 0.830. The second-order valence-corrected chi connectivity index (χ2v) is 2.79. The van der Waals surface area contributed by atoms with Gasteiger partial charge in [0.2, 0.25) is 0 Å². The van der Waals surface area contributed by atoms with E-state index in [2.05, 4.69) is 21.1 Å². The molecule has 0 aliphatic carbocycles. The van der Waals surface area contributed by atoms with E-state index in [1.807, 2.05) is 6.92 Å². The molecular weight excluding hydrogens is 164 g/mol. The maximum atomic E-state index is 4.22. The Morgan fingerprint density at radius 3 is 2.92 bits per heavy atom. The van der Waals surface area contributed by atoms with Crippen molar-refractivity contribution in [1.82, 2.24) is 19.7 Å². The van der Waals surface area contributed by atoms with Crippen LogP contribution in [0.25, 0.3) is 0 Å². The van der Waals surface area contributed by atoms with E-state index < -0.39 is 0 Å². The van der Waals surface area contributed by atoms with Crippen molar-refractivity contribution in [2.24, 2.45) is 0 Å². The van der Waals surface area contributed by atoms with Crippen LogP contribution in [0.15, 0.2) is 24.8 Å². The minimum atomic E-state index is 0.650. The van der Waals surface area contributed by atoms with E-state index in [9.17, 15) is 0 Å². The molecule has 4 heteroatoms. The van der Waals surface area contributed by atoms with Crippen molar-refractivity contribution in [2.45, 2.75) is 13.5 Å². The Balaban J connectivity index is 2.15. The maximum absolute atomic E-state index is 4.22. The molecular formula is C9H9N4. The summed E-state index contributed by atoms with van der Waals surface area (Å²) in [4.78, 5) is 8.36. The molecule has 2 heterocycles. The summed E-state index contributed by atoms with van der Waals surface area (Å²) in [5, 5.41) is 4.03. The average Bonchev–Trinajstić information content (AvgIpc) is 2.62. The van der Waals surface area contributed by atoms with Crippen LogP contribution in [-0.4, -0.2) is 19.7 Å². The highest BCUT2D eigenvalue weighted by Crippen LogP contribution is 1.96. The number of rotatable bonds is 2. The van der Waals surface area contributed by atoms with Crippen molar-refractivity contribution >= 4 is 0 Å². The van der Waals surface area contributed by atoms with Gasteiger partial charge in [-0.1, -0.05) is 0 Å². The van der Waals surface area contributed by atoms with Gasteiger partial charge >= 0.3 is 0 Å². The van der Waals surface area contributed by atoms with Gasteiger partial charge in [0.15, 0.2) is 0 Å². The fourth-order valence-electron chi connectivity index (χ4n) is 1.01. The molecule has 0 N–H and O–H groups in total. The molecule has 2 aromatic rings. The average molecular weight is 173 g/mol. The number of aromatic nitrogens is 4. The molecule has 0 unspecified atom stereocenters. The monoisotopic (exact) mass is 173 g/mol. The summed E-state index contributed by atoms with van der Waals surface area (Å²) in [6, 6.07) is 2.87. The van der Waals surface area contributed by atoms with E-state index in [-0.39, 0.29) is 0 Å². The van der Waals surface area contributed by atoms with Gasteiger partial charge in [0, 0.05) is 18.5 Å². The Hall–Kier alpha value is -1.71. The van der Waals surface area contributed by atoms with Gasteiger partial charge in [0.05, 0.1) is 30.3 Å². The first-order valence-corrected chi connectivity index (χ1v) is 4.00. The molecule has 2 rings (SSSR count). The summed E-state index contributed by atoms with van der Waals surface area (Å²) < 4.78 is 1.76. The van der Waals surface area contributed by atoms with Gasteiger partial charge in [0.1, 0.15) is 0 Å². The molecule has 0 atom stereocenters. The summed E-state index contributed by atoms with van der Waals surface area (Å²) >= 11 is 0. The minimum Gasteiger partial charge on any atom is -0.266 e. The summed E-state index contributed by atoms with van der Waals surface area (Å²) in [7, 11) is 0. The fraction of sp³-hybridized carbons (Fsp3) is 0.222. The van der Waals surface area contributed by atoms with Crippen LogP contribution in [-0.2, 0) is 6.54 Å². The molecule has 0 amide bonds. The van der Waals surface area contributed by atoms with Crippen LogP contribution in [0.2, 0.25) is 0 Å². The van der Waals surface area contributed by atoms with Crippen molar-refractivity contribution in [2.75, 3.05) is 0 Å². The zero-order chi connectivity index (χ0) is 9.10. The number of nitrogens with zero attached hydrogens (tertiary/aromatic N) is 4. The summed E-state index contributed by atoms with van der Waals surface area (Å²) in [6.07, 6.45) is 6.92. The van der Waals surface area contributed by atoms with E-state index in [0.29, 0.717) is 6.54 Å². The highest BCUT2D eigenvalue weighted by Gasteiger charge is 1.96. The third-order valence-electron chi connectivity index (χ3n) is 1.66. The van der Waals surface area contributed by atoms with E-state index in [4.69, 9.17) is 0 Å². The van der Waals surface area contributed by atoms with Crippen LogP contribution in [0.4, 0.5) is 0 Å². The Morgan fingerprint density at radius 2 is 2.31 bits per heavy atom. The molecule has 0 aliphatic heterocycles. The zero-order valence-corrected chi connectivity index (χ0v) is 7.31. The lowest BCUT2D eigenvalue weighted by Crippen LogP contribution is -2.02. The van der Waals surface area contributed by atoms with E-state index in [0.717, 1.165) is 11.4 Å². The van der Waals surface area contributed by atoms with Gasteiger partial charge in [-0.05, 0) is 6.92 Å². The van der Waals surface area contributed by atoms with Crippen molar-refractivity contribution in [3.63, 3.8) is 0 Å². The summed E-state index contributed by atoms with van der Waals surface area (Å²) in [5.74, 6) is 0. The molecule has 0 aliphatic rings. The van der Waals surface area contributed by atoms with Gasteiger partial charge < -0.3 is 0 Å². The van der Waals surface area contributed by atoms with Crippen LogP contribution in [0.1, 0.15) is 11.4 Å². The van der Waals surface area contributed by atoms with Gasteiger partial charge in [-0.2, -0.15) is 5.10 Å². The smallest absolute Gasteiger partial charge is 0.0847 e. The molecule has 13 heavy (non-hydrogen) atoms. The van der Waals surface area contributed by atoms with Crippen molar-refractivity contribution < 1.29 is 0 Å². The van der Waals surface area contributed by atoms with E-state index in [1.54, 1.807) is 29.5 Å². The number of hydrogen-bond donors (Lipinski definition) is 0. The molecule has 0 fully saturated rings. The van der Waals surface area contributed by atoms with Crippen LogP contribution in [0, 0.1) is 13.0 Å². The molecule has 65 valence electrons. The van der Waals surface area contributed by atoms with Crippen LogP contribution in [0.3, 0.4) is 0 Å². The third-order valence-corrected chi connectivity index (χ3v) is 1.66. The van der Waals surface area contributed by atoms with Crippen molar-refractivity contribution in [3.8, 4) is 0 Å². The molecule has 2 aromatic heterocycles. The largest absolute Gasteiger partial charge is 0.266 e. The quantitative estimate of drug-likeness (QED) is 0.675. The van der Waals surface area contributed by atoms with Gasteiger partial charge in [-0.3, -0.25) is 14.6 Å². The second kappa shape index (κ2) is 3.35. The first kappa shape index (κ1) is 7.91. The van der Waals surface area contributed by atoms with Crippen molar-refractivity contribution in [1.29, 1.82) is 0 Å². The highest BCUT2D eigenvalue weighted by molar-refractivity contribution is 5.00. The predicted molar refractivity (Wildman–Crippen MR) is 46.9 cm³/mol. The first-order chi connectivity index (χ1) is 6.34. The molecule has 4 nitrogen and oxygen atoms in total. The van der Waals surface area contributed by atoms with Gasteiger partial charge in [0.25, 0.3) is 0 Å². The Kier molecular flexibility index (Phi) is 2.04. The summed E-state index contributed by atoms with van der Waals surface area (Å²) in [6.45, 7) is 2.56. The molecule has 0 saturated carbocycles. The SMILES string of the molecule is Cc1cnc(Cn2c[c]cn2)cn1. The van der Waals surface area contributed by atoms with Gasteiger partial charge in [-0.25, -0.2) is 0 Å². The minimum absolute atomic E-state index is 0.650. The molecule has 0 spiro atoms. The van der Waals surface area contributed by atoms with E-state index in [1.165, 1.54) is 0 Å².